The first-order valence-corrected chi connectivity index (χ1v) is 13.3. The number of benzene rings is 3. The minimum absolute atomic E-state index is 0.241. The molecule has 0 aliphatic heterocycles. The Labute approximate surface area is 235 Å². The number of nitrogens with zero attached hydrogens (tertiary/aromatic N) is 1. The topological polar surface area (TPSA) is 106 Å². The van der Waals surface area contributed by atoms with E-state index in [1.807, 2.05) is 42.5 Å². The fraction of sp³-hybridized carbons (Fsp3) is 0.0357. The number of methoxy groups -OCH3 is 1. The predicted octanol–water partition coefficient (Wildman–Crippen LogP) is 6.71. The van der Waals surface area contributed by atoms with Crippen LogP contribution in [0.15, 0.2) is 83.3 Å². The van der Waals surface area contributed by atoms with Gasteiger partial charge in [-0.2, -0.15) is 0 Å². The fourth-order valence-electron chi connectivity index (χ4n) is 3.90. The summed E-state index contributed by atoms with van der Waals surface area (Å²) in [6, 6.07) is 23.6. The summed E-state index contributed by atoms with van der Waals surface area (Å²) in [7, 11) is 1.61. The second kappa shape index (κ2) is 10.8. The molecule has 10 heteroatoms. The highest BCUT2D eigenvalue weighted by molar-refractivity contribution is 9.10. The Morgan fingerprint density at radius 1 is 0.921 bits per heavy atom. The lowest BCUT2D eigenvalue weighted by atomic mass is 9.99. The number of halogens is 2. The second-order valence-corrected chi connectivity index (χ2v) is 10.6. The molecule has 190 valence electrons. The van der Waals surface area contributed by atoms with Crippen LogP contribution in [0.3, 0.4) is 0 Å². The maximum atomic E-state index is 13.1. The monoisotopic (exact) mass is 606 g/mol. The van der Waals surface area contributed by atoms with Crippen molar-refractivity contribution < 1.29 is 14.3 Å². The maximum Gasteiger partial charge on any atom is 0.281 e. The van der Waals surface area contributed by atoms with E-state index < -0.39 is 11.8 Å². The highest BCUT2D eigenvalue weighted by atomic mass is 79.9. The van der Waals surface area contributed by atoms with E-state index in [9.17, 15) is 9.59 Å². The molecule has 0 saturated heterocycles. The number of amides is 2. The van der Waals surface area contributed by atoms with Gasteiger partial charge in [-0.15, -0.1) is 11.3 Å². The van der Waals surface area contributed by atoms with Crippen molar-refractivity contribution in [2.75, 3.05) is 12.8 Å². The fourth-order valence-corrected chi connectivity index (χ4v) is 5.31. The summed E-state index contributed by atoms with van der Waals surface area (Å²) in [6.45, 7) is 0. The second-order valence-electron chi connectivity index (χ2n) is 8.23. The zero-order chi connectivity index (χ0) is 26.8. The van der Waals surface area contributed by atoms with Gasteiger partial charge < -0.3 is 10.5 Å². The molecule has 0 bridgehead atoms. The first-order chi connectivity index (χ1) is 18.3. The van der Waals surface area contributed by atoms with E-state index in [1.165, 1.54) is 0 Å². The van der Waals surface area contributed by atoms with Crippen molar-refractivity contribution in [1.29, 1.82) is 0 Å². The van der Waals surface area contributed by atoms with Crippen LogP contribution in [-0.2, 0) is 0 Å². The summed E-state index contributed by atoms with van der Waals surface area (Å²) < 4.78 is 6.12. The van der Waals surface area contributed by atoms with Crippen molar-refractivity contribution >= 4 is 66.6 Å². The van der Waals surface area contributed by atoms with Gasteiger partial charge in [0.05, 0.1) is 18.5 Å². The summed E-state index contributed by atoms with van der Waals surface area (Å²) in [4.78, 5) is 31.2. The number of thiophene rings is 1. The number of nitrogens with two attached hydrogens (primary N) is 1. The van der Waals surface area contributed by atoms with Crippen molar-refractivity contribution in [3.05, 3.63) is 98.8 Å². The number of fused-ring (bicyclic) bond motifs is 1. The number of hydrogen-bond donors (Lipinski definition) is 3. The van der Waals surface area contributed by atoms with Crippen LogP contribution in [-0.4, -0.2) is 23.9 Å². The third kappa shape index (κ3) is 5.22. The van der Waals surface area contributed by atoms with Crippen molar-refractivity contribution in [2.45, 2.75) is 0 Å². The summed E-state index contributed by atoms with van der Waals surface area (Å²) in [5.74, 6) is -0.256. The van der Waals surface area contributed by atoms with E-state index in [0.29, 0.717) is 26.5 Å². The number of aromatic nitrogens is 1. The molecule has 0 spiro atoms. The molecule has 5 aromatic rings. The van der Waals surface area contributed by atoms with Gasteiger partial charge in [-0.1, -0.05) is 39.7 Å². The van der Waals surface area contributed by atoms with E-state index in [4.69, 9.17) is 27.1 Å². The van der Waals surface area contributed by atoms with E-state index in [-0.39, 0.29) is 10.6 Å². The van der Waals surface area contributed by atoms with Crippen molar-refractivity contribution in [1.82, 2.24) is 15.8 Å². The maximum absolute atomic E-state index is 13.1. The molecular weight excluding hydrogens is 588 g/mol. The lowest BCUT2D eigenvalue weighted by Crippen LogP contribution is -2.41. The van der Waals surface area contributed by atoms with Gasteiger partial charge >= 0.3 is 0 Å². The highest BCUT2D eigenvalue weighted by Gasteiger charge is 2.22. The lowest BCUT2D eigenvalue weighted by Gasteiger charge is -2.10. The molecule has 4 N–H and O–H groups in total. The van der Waals surface area contributed by atoms with Gasteiger partial charge in [0.1, 0.15) is 15.5 Å². The SMILES string of the molecule is COc1ccc(-c2cc(-c3ccc(Cl)cc3)c3c(N)c(C(=O)NNC(=O)c4ccc(Br)cc4)sc3n2)cc1. The van der Waals surface area contributed by atoms with E-state index in [2.05, 4.69) is 26.8 Å². The molecule has 0 saturated carbocycles. The van der Waals surface area contributed by atoms with Gasteiger partial charge in [0.2, 0.25) is 0 Å². The molecule has 0 radical (unpaired) electrons. The zero-order valence-electron chi connectivity index (χ0n) is 19.9. The van der Waals surface area contributed by atoms with Crippen molar-refractivity contribution in [2.24, 2.45) is 0 Å². The third-order valence-electron chi connectivity index (χ3n) is 5.84. The Kier molecular flexibility index (Phi) is 7.33. The number of nitrogen functional groups attached to an aromatic ring is 1. The van der Waals surface area contributed by atoms with Crippen molar-refractivity contribution in [3.63, 3.8) is 0 Å². The number of carbonyl (C=O) groups is 2. The molecule has 2 aromatic heterocycles. The Morgan fingerprint density at radius 2 is 1.55 bits per heavy atom. The van der Waals surface area contributed by atoms with E-state index >= 15 is 0 Å². The molecule has 0 fully saturated rings. The summed E-state index contributed by atoms with van der Waals surface area (Å²) in [6.07, 6.45) is 0. The minimum atomic E-state index is -0.538. The molecule has 2 heterocycles. The third-order valence-corrected chi connectivity index (χ3v) is 7.72. The minimum Gasteiger partial charge on any atom is -0.497 e. The van der Waals surface area contributed by atoms with Crippen LogP contribution in [0, 0.1) is 0 Å². The predicted molar refractivity (Wildman–Crippen MR) is 156 cm³/mol. The Morgan fingerprint density at radius 3 is 2.21 bits per heavy atom. The number of hydrogen-bond acceptors (Lipinski definition) is 6. The van der Waals surface area contributed by atoms with Gasteiger partial charge in [-0.25, -0.2) is 4.98 Å². The number of nitrogens with one attached hydrogen (secondary N) is 2. The number of hydrazine groups is 1. The molecule has 2 amide bonds. The first kappa shape index (κ1) is 25.7. The van der Waals surface area contributed by atoms with Crippen molar-refractivity contribution in [3.8, 4) is 28.1 Å². The average molecular weight is 608 g/mol. The number of carbonyl (C=O) groups excluding carboxylic acids is 2. The molecule has 7 nitrogen and oxygen atoms in total. The molecule has 3 aromatic carbocycles. The molecule has 0 atom stereocenters. The van der Waals surface area contributed by atoms with Crippen LogP contribution >= 0.6 is 38.9 Å². The standard InChI is InChI=1S/C28H20BrClN4O3S/c1-37-20-12-6-16(7-13-20)22-14-21(15-4-10-19(30)11-5-15)23-24(31)25(38-28(23)32-22)27(36)34-33-26(35)17-2-8-18(29)9-3-17/h2-14H,31H2,1H3,(H,33,35)(H,34,36). The molecule has 0 unspecified atom stereocenters. The van der Waals surface area contributed by atoms with Gasteiger partial charge in [-0.3, -0.25) is 20.4 Å². The Hall–Kier alpha value is -3.92. The zero-order valence-corrected chi connectivity index (χ0v) is 23.1. The molecule has 5 rings (SSSR count). The lowest BCUT2D eigenvalue weighted by molar-refractivity contribution is 0.0849. The number of rotatable bonds is 5. The van der Waals surface area contributed by atoms with Gasteiger partial charge in [0.15, 0.2) is 0 Å². The number of pyridine rings is 1. The Bertz CT molecular complexity index is 1650. The Balaban J connectivity index is 1.53. The molecular formula is C28H20BrClN4O3S. The van der Waals surface area contributed by atoms with Crippen LogP contribution in [0.2, 0.25) is 5.02 Å². The van der Waals surface area contributed by atoms with Crippen LogP contribution in [0.25, 0.3) is 32.6 Å². The normalized spacial score (nSPS) is 10.8. The van der Waals surface area contributed by atoms with Crippen LogP contribution in [0.4, 0.5) is 5.69 Å². The number of ether oxygens (including phenoxy) is 1. The number of anilines is 1. The van der Waals surface area contributed by atoms with E-state index in [0.717, 1.165) is 38.2 Å². The van der Waals surface area contributed by atoms with Crippen LogP contribution < -0.4 is 21.3 Å². The van der Waals surface area contributed by atoms with E-state index in [1.54, 1.807) is 43.5 Å². The molecule has 0 aliphatic rings. The van der Waals surface area contributed by atoms with Gasteiger partial charge in [0, 0.05) is 26.0 Å². The molecule has 0 aliphatic carbocycles. The van der Waals surface area contributed by atoms with Gasteiger partial charge in [0.25, 0.3) is 11.8 Å². The summed E-state index contributed by atoms with van der Waals surface area (Å²) in [5.41, 5.74) is 15.4. The van der Waals surface area contributed by atoms with Crippen LogP contribution in [0.5, 0.6) is 5.75 Å². The van der Waals surface area contributed by atoms with Gasteiger partial charge in [-0.05, 0) is 77.9 Å². The van der Waals surface area contributed by atoms with Crippen LogP contribution in [0.1, 0.15) is 20.0 Å². The molecule has 38 heavy (non-hydrogen) atoms. The largest absolute Gasteiger partial charge is 0.497 e. The average Bonchev–Trinajstić information content (AvgIpc) is 3.28. The smallest absolute Gasteiger partial charge is 0.281 e. The quantitative estimate of drug-likeness (QED) is 0.193. The first-order valence-electron chi connectivity index (χ1n) is 11.3. The summed E-state index contributed by atoms with van der Waals surface area (Å²) in [5, 5.41) is 1.26. The highest BCUT2D eigenvalue weighted by Crippen LogP contribution is 2.41. The summed E-state index contributed by atoms with van der Waals surface area (Å²) >= 11 is 10.6.